The van der Waals surface area contributed by atoms with Crippen molar-refractivity contribution in [2.75, 3.05) is 19.8 Å². The molecule has 100 valence electrons. The van der Waals surface area contributed by atoms with E-state index in [-0.39, 0.29) is 6.10 Å². The summed E-state index contributed by atoms with van der Waals surface area (Å²) in [5.74, 6) is 0. The SMILES string of the molecule is CC1COCCCN1C1CC(O)CCC1(C)C. The summed E-state index contributed by atoms with van der Waals surface area (Å²) >= 11 is 0. The molecule has 17 heavy (non-hydrogen) atoms. The number of ether oxygens (including phenoxy) is 1. The van der Waals surface area contributed by atoms with Gasteiger partial charge in [0, 0.05) is 25.2 Å². The Hall–Kier alpha value is -0.120. The van der Waals surface area contributed by atoms with Crippen LogP contribution in [0.5, 0.6) is 0 Å². The summed E-state index contributed by atoms with van der Waals surface area (Å²) in [6.45, 7) is 9.79. The quantitative estimate of drug-likeness (QED) is 0.762. The zero-order valence-electron chi connectivity index (χ0n) is 11.5. The molecule has 3 heteroatoms. The molecule has 1 aliphatic heterocycles. The normalized spacial score (nSPS) is 39.9. The molecule has 1 heterocycles. The van der Waals surface area contributed by atoms with Crippen LogP contribution in [-0.4, -0.2) is 48.0 Å². The first-order chi connectivity index (χ1) is 8.00. The molecule has 2 aliphatic rings. The Morgan fingerprint density at radius 3 is 2.88 bits per heavy atom. The summed E-state index contributed by atoms with van der Waals surface area (Å²) in [5, 5.41) is 9.94. The van der Waals surface area contributed by atoms with Gasteiger partial charge in [0.1, 0.15) is 0 Å². The lowest BCUT2D eigenvalue weighted by Gasteiger charge is -2.48. The van der Waals surface area contributed by atoms with Crippen LogP contribution < -0.4 is 0 Å². The average Bonchev–Trinajstić information content (AvgIpc) is 2.47. The Bertz CT molecular complexity index is 255. The molecule has 1 saturated carbocycles. The van der Waals surface area contributed by atoms with E-state index in [1.165, 1.54) is 0 Å². The fraction of sp³-hybridized carbons (Fsp3) is 1.00. The van der Waals surface area contributed by atoms with Crippen LogP contribution in [0.25, 0.3) is 0 Å². The maximum absolute atomic E-state index is 9.94. The topological polar surface area (TPSA) is 32.7 Å². The van der Waals surface area contributed by atoms with Crippen molar-refractivity contribution in [2.45, 2.75) is 64.6 Å². The Balaban J connectivity index is 2.11. The van der Waals surface area contributed by atoms with Crippen molar-refractivity contribution in [3.63, 3.8) is 0 Å². The van der Waals surface area contributed by atoms with Crippen molar-refractivity contribution in [1.82, 2.24) is 4.90 Å². The third kappa shape index (κ3) is 3.01. The highest BCUT2D eigenvalue weighted by Crippen LogP contribution is 2.39. The summed E-state index contributed by atoms with van der Waals surface area (Å²) < 4.78 is 5.62. The fourth-order valence-corrected chi connectivity index (χ4v) is 3.37. The summed E-state index contributed by atoms with van der Waals surface area (Å²) in [7, 11) is 0. The molecule has 2 rings (SSSR count). The minimum absolute atomic E-state index is 0.107. The average molecular weight is 241 g/mol. The lowest BCUT2D eigenvalue weighted by atomic mass is 9.71. The predicted octanol–water partition coefficient (Wildman–Crippen LogP) is 2.04. The van der Waals surface area contributed by atoms with Gasteiger partial charge in [0.05, 0.1) is 12.7 Å². The van der Waals surface area contributed by atoms with Crippen molar-refractivity contribution < 1.29 is 9.84 Å². The molecule has 0 spiro atoms. The predicted molar refractivity (Wildman–Crippen MR) is 69.0 cm³/mol. The van der Waals surface area contributed by atoms with Gasteiger partial charge in [-0.2, -0.15) is 0 Å². The van der Waals surface area contributed by atoms with E-state index < -0.39 is 0 Å². The first-order valence-corrected chi connectivity index (χ1v) is 7.02. The van der Waals surface area contributed by atoms with Crippen LogP contribution in [0.3, 0.4) is 0 Å². The maximum Gasteiger partial charge on any atom is 0.0619 e. The first-order valence-electron chi connectivity index (χ1n) is 7.02. The molecule has 0 aromatic rings. The molecule has 0 bridgehead atoms. The largest absolute Gasteiger partial charge is 0.393 e. The van der Waals surface area contributed by atoms with E-state index in [2.05, 4.69) is 25.7 Å². The van der Waals surface area contributed by atoms with E-state index in [4.69, 9.17) is 4.74 Å². The Labute approximate surface area is 105 Å². The van der Waals surface area contributed by atoms with Crippen LogP contribution in [0.15, 0.2) is 0 Å². The van der Waals surface area contributed by atoms with Gasteiger partial charge >= 0.3 is 0 Å². The molecule has 1 aliphatic carbocycles. The molecule has 0 aromatic carbocycles. The Morgan fingerprint density at radius 2 is 2.12 bits per heavy atom. The molecular weight excluding hydrogens is 214 g/mol. The van der Waals surface area contributed by atoms with E-state index in [0.717, 1.165) is 45.4 Å². The van der Waals surface area contributed by atoms with Crippen molar-refractivity contribution >= 4 is 0 Å². The monoisotopic (exact) mass is 241 g/mol. The Kier molecular flexibility index (Phi) is 4.11. The highest BCUT2D eigenvalue weighted by Gasteiger charge is 2.40. The van der Waals surface area contributed by atoms with Crippen molar-refractivity contribution in [3.05, 3.63) is 0 Å². The number of aliphatic hydroxyl groups is 1. The number of nitrogens with zero attached hydrogens (tertiary/aromatic N) is 1. The van der Waals surface area contributed by atoms with Gasteiger partial charge in [-0.15, -0.1) is 0 Å². The van der Waals surface area contributed by atoms with Gasteiger partial charge in [0.15, 0.2) is 0 Å². The van der Waals surface area contributed by atoms with E-state index in [9.17, 15) is 5.11 Å². The van der Waals surface area contributed by atoms with Gasteiger partial charge in [0.2, 0.25) is 0 Å². The van der Waals surface area contributed by atoms with Gasteiger partial charge in [0.25, 0.3) is 0 Å². The molecule has 1 N–H and O–H groups in total. The van der Waals surface area contributed by atoms with E-state index in [1.807, 2.05) is 0 Å². The lowest BCUT2D eigenvalue weighted by Crippen LogP contribution is -2.53. The molecule has 3 nitrogen and oxygen atoms in total. The first kappa shape index (κ1) is 13.3. The third-order valence-electron chi connectivity index (χ3n) is 4.55. The highest BCUT2D eigenvalue weighted by atomic mass is 16.5. The van der Waals surface area contributed by atoms with Crippen LogP contribution in [0.1, 0.15) is 46.5 Å². The molecule has 0 aromatic heterocycles. The van der Waals surface area contributed by atoms with Crippen molar-refractivity contribution in [3.8, 4) is 0 Å². The second kappa shape index (κ2) is 5.25. The second-order valence-corrected chi connectivity index (χ2v) is 6.45. The molecule has 3 unspecified atom stereocenters. The maximum atomic E-state index is 9.94. The molecule has 1 saturated heterocycles. The zero-order chi connectivity index (χ0) is 12.5. The molecule has 3 atom stereocenters. The molecule has 0 amide bonds. The molecule has 0 radical (unpaired) electrons. The van der Waals surface area contributed by atoms with Crippen LogP contribution in [0, 0.1) is 5.41 Å². The number of aliphatic hydroxyl groups excluding tert-OH is 1. The summed E-state index contributed by atoms with van der Waals surface area (Å²) in [6.07, 6.45) is 4.03. The minimum Gasteiger partial charge on any atom is -0.393 e. The zero-order valence-corrected chi connectivity index (χ0v) is 11.5. The van der Waals surface area contributed by atoms with E-state index in [0.29, 0.717) is 17.5 Å². The molecular formula is C14H27NO2. The standard InChI is InChI=1S/C14H27NO2/c1-11-10-17-8-4-7-15(11)13-9-12(16)5-6-14(13,2)3/h11-13,16H,4-10H2,1-3H3. The van der Waals surface area contributed by atoms with E-state index >= 15 is 0 Å². The van der Waals surface area contributed by atoms with Crippen LogP contribution in [-0.2, 0) is 4.74 Å². The highest BCUT2D eigenvalue weighted by molar-refractivity contribution is 4.94. The lowest BCUT2D eigenvalue weighted by molar-refractivity contribution is -0.0300. The number of hydrogen-bond acceptors (Lipinski definition) is 3. The van der Waals surface area contributed by atoms with Crippen LogP contribution in [0.2, 0.25) is 0 Å². The molecule has 2 fully saturated rings. The number of hydrogen-bond donors (Lipinski definition) is 1. The Morgan fingerprint density at radius 1 is 1.35 bits per heavy atom. The fourth-order valence-electron chi connectivity index (χ4n) is 3.37. The van der Waals surface area contributed by atoms with Gasteiger partial charge < -0.3 is 9.84 Å². The van der Waals surface area contributed by atoms with Gasteiger partial charge in [-0.3, -0.25) is 4.90 Å². The minimum atomic E-state index is -0.107. The van der Waals surface area contributed by atoms with Crippen LogP contribution in [0.4, 0.5) is 0 Å². The smallest absolute Gasteiger partial charge is 0.0619 e. The van der Waals surface area contributed by atoms with Crippen molar-refractivity contribution in [2.24, 2.45) is 5.41 Å². The van der Waals surface area contributed by atoms with Gasteiger partial charge in [-0.05, 0) is 38.0 Å². The van der Waals surface area contributed by atoms with Crippen molar-refractivity contribution in [1.29, 1.82) is 0 Å². The summed E-state index contributed by atoms with van der Waals surface area (Å²) in [6, 6.07) is 0.982. The third-order valence-corrected chi connectivity index (χ3v) is 4.55. The van der Waals surface area contributed by atoms with Gasteiger partial charge in [-0.1, -0.05) is 13.8 Å². The second-order valence-electron chi connectivity index (χ2n) is 6.45. The van der Waals surface area contributed by atoms with E-state index in [1.54, 1.807) is 0 Å². The summed E-state index contributed by atoms with van der Waals surface area (Å²) in [4.78, 5) is 2.58. The summed E-state index contributed by atoms with van der Waals surface area (Å²) in [5.41, 5.74) is 0.317. The van der Waals surface area contributed by atoms with Gasteiger partial charge in [-0.25, -0.2) is 0 Å². The number of rotatable bonds is 1. The van der Waals surface area contributed by atoms with Crippen LogP contribution >= 0.6 is 0 Å².